The normalized spacial score (nSPS) is 16.5. The van der Waals surface area contributed by atoms with Gasteiger partial charge < -0.3 is 4.52 Å². The van der Waals surface area contributed by atoms with E-state index in [9.17, 15) is 4.79 Å². The highest BCUT2D eigenvalue weighted by molar-refractivity contribution is 7.09. The number of rotatable bonds is 3. The quantitative estimate of drug-likeness (QED) is 0.459. The van der Waals surface area contributed by atoms with Crippen LogP contribution in [-0.2, 0) is 12.8 Å². The van der Waals surface area contributed by atoms with Crippen LogP contribution in [0.25, 0.3) is 34.7 Å². The molecule has 2 aromatic heterocycles. The average molecular weight is 425 g/mol. The monoisotopic (exact) mass is 424 g/mol. The van der Waals surface area contributed by atoms with Gasteiger partial charge in [-0.2, -0.15) is 0 Å². The van der Waals surface area contributed by atoms with E-state index in [-0.39, 0.29) is 11.7 Å². The molecule has 152 valence electrons. The molecular weight excluding hydrogens is 404 g/mol. The largest absolute Gasteiger partial charge is 0.354 e. The first-order valence-corrected chi connectivity index (χ1v) is 11.4. The Morgan fingerprint density at radius 2 is 2.00 bits per heavy atom. The Kier molecular flexibility index (Phi) is 4.25. The number of aryl methyl sites for hydroxylation is 2. The fourth-order valence-corrected chi connectivity index (χ4v) is 5.31. The van der Waals surface area contributed by atoms with Gasteiger partial charge in [-0.25, -0.2) is 4.98 Å². The molecule has 0 amide bonds. The van der Waals surface area contributed by atoms with Crippen LogP contribution in [0.15, 0.2) is 52.4 Å². The first-order chi connectivity index (χ1) is 15.2. The highest BCUT2D eigenvalue weighted by Crippen LogP contribution is 2.27. The Labute approximate surface area is 183 Å². The topological polar surface area (TPSA) is 56.0 Å². The highest BCUT2D eigenvalue weighted by Gasteiger charge is 2.25. The number of aromatic nitrogens is 2. The van der Waals surface area contributed by atoms with Crippen LogP contribution in [0.5, 0.6) is 0 Å². The van der Waals surface area contributed by atoms with Crippen molar-refractivity contribution in [2.45, 2.75) is 26.2 Å². The van der Waals surface area contributed by atoms with Crippen molar-refractivity contribution in [1.29, 1.82) is 0 Å². The van der Waals surface area contributed by atoms with Gasteiger partial charge in [0.15, 0.2) is 17.2 Å². The average Bonchev–Trinajstić information content (AvgIpc) is 3.47. The molecule has 2 aliphatic carbocycles. The Morgan fingerprint density at radius 1 is 1.10 bits per heavy atom. The third-order valence-corrected chi connectivity index (χ3v) is 7.05. The van der Waals surface area contributed by atoms with Crippen LogP contribution in [0.2, 0.25) is 0 Å². The molecule has 5 heteroatoms. The van der Waals surface area contributed by atoms with E-state index in [1.165, 1.54) is 32.7 Å². The van der Waals surface area contributed by atoms with Crippen LogP contribution < -0.4 is 10.4 Å². The molecule has 4 nitrogen and oxygen atoms in total. The molecule has 31 heavy (non-hydrogen) atoms. The number of carbonyl (C=O) groups is 1. The third kappa shape index (κ3) is 3.08. The molecule has 2 heterocycles. The number of nitrogens with zero attached hydrogens (tertiary/aromatic N) is 2. The highest BCUT2D eigenvalue weighted by atomic mass is 32.1. The summed E-state index contributed by atoms with van der Waals surface area (Å²) in [6.45, 7) is 1.95. The van der Waals surface area contributed by atoms with Gasteiger partial charge >= 0.3 is 0 Å². The van der Waals surface area contributed by atoms with Crippen molar-refractivity contribution < 1.29 is 9.32 Å². The fourth-order valence-electron chi connectivity index (χ4n) is 4.71. The minimum Gasteiger partial charge on any atom is -0.354 e. The van der Waals surface area contributed by atoms with Crippen LogP contribution in [0, 0.1) is 12.8 Å². The second-order valence-electron chi connectivity index (χ2n) is 8.17. The zero-order valence-electron chi connectivity index (χ0n) is 17.1. The molecule has 0 saturated heterocycles. The van der Waals surface area contributed by atoms with Gasteiger partial charge in [0.2, 0.25) is 0 Å². The molecule has 0 fully saturated rings. The number of Topliss-reactive ketones (excluding diaryl/α,β-unsaturated/α-hetero) is 1. The number of benzene rings is 2. The number of hydrogen-bond acceptors (Lipinski definition) is 5. The second kappa shape index (κ2) is 7.13. The van der Waals surface area contributed by atoms with Crippen molar-refractivity contribution >= 4 is 29.3 Å². The van der Waals surface area contributed by atoms with Crippen molar-refractivity contribution in [3.63, 3.8) is 0 Å². The van der Waals surface area contributed by atoms with Gasteiger partial charge in [0.05, 0.1) is 5.01 Å². The summed E-state index contributed by atoms with van der Waals surface area (Å²) >= 11 is 1.55. The van der Waals surface area contributed by atoms with Gasteiger partial charge in [0.1, 0.15) is 5.69 Å². The molecular formula is C26H20N2O2S. The van der Waals surface area contributed by atoms with Crippen molar-refractivity contribution in [3.8, 4) is 22.6 Å². The lowest BCUT2D eigenvalue weighted by atomic mass is 9.83. The molecule has 2 aromatic carbocycles. The predicted octanol–water partition coefficient (Wildman–Crippen LogP) is 4.34. The zero-order valence-corrected chi connectivity index (χ0v) is 17.9. The minimum absolute atomic E-state index is 0.0152. The first kappa shape index (κ1) is 18.5. The molecule has 2 aliphatic rings. The molecule has 0 aliphatic heterocycles. The maximum absolute atomic E-state index is 13.2. The summed E-state index contributed by atoms with van der Waals surface area (Å²) in [6.07, 6.45) is 7.05. The molecule has 0 bridgehead atoms. The predicted molar refractivity (Wildman–Crippen MR) is 122 cm³/mol. The van der Waals surface area contributed by atoms with E-state index in [1.807, 2.05) is 12.3 Å². The van der Waals surface area contributed by atoms with Crippen molar-refractivity contribution in [3.05, 3.63) is 80.1 Å². The lowest BCUT2D eigenvalue weighted by Crippen LogP contribution is -2.37. The van der Waals surface area contributed by atoms with E-state index in [0.29, 0.717) is 11.5 Å². The van der Waals surface area contributed by atoms with Gasteiger partial charge in [-0.05, 0) is 58.9 Å². The Hall–Kier alpha value is -3.31. The summed E-state index contributed by atoms with van der Waals surface area (Å²) in [4.78, 5) is 17.7. The van der Waals surface area contributed by atoms with Gasteiger partial charge in [-0.1, -0.05) is 53.7 Å². The Bertz CT molecular complexity index is 1460. The SMILES string of the molecule is Cc1nc(-c2cc(C(=O)C3C=c4c(ccc5c4=CCc4ccccc4-5)CC3)no2)cs1. The van der Waals surface area contributed by atoms with Gasteiger partial charge in [0, 0.05) is 17.4 Å². The lowest BCUT2D eigenvalue weighted by molar-refractivity contribution is 0.0938. The van der Waals surface area contributed by atoms with E-state index in [2.05, 4.69) is 58.7 Å². The van der Waals surface area contributed by atoms with E-state index < -0.39 is 0 Å². The Morgan fingerprint density at radius 3 is 2.87 bits per heavy atom. The molecule has 0 radical (unpaired) electrons. The molecule has 0 N–H and O–H groups in total. The number of carbonyl (C=O) groups excluding carboxylic acids is 1. The van der Waals surface area contributed by atoms with Gasteiger partial charge in [-0.15, -0.1) is 11.3 Å². The number of hydrogen-bond donors (Lipinski definition) is 0. The van der Waals surface area contributed by atoms with E-state index >= 15 is 0 Å². The molecule has 1 atom stereocenters. The maximum atomic E-state index is 13.2. The Balaban J connectivity index is 1.39. The van der Waals surface area contributed by atoms with Crippen molar-refractivity contribution in [2.24, 2.45) is 5.92 Å². The number of ketones is 1. The third-order valence-electron chi connectivity index (χ3n) is 6.27. The standard InChI is InChI=1S/C26H20N2O2S/c1-15-27-24(14-31-15)25-13-23(28-30-25)26(29)18-7-6-17-9-10-20-19-5-3-2-4-16(19)8-11-21(20)22(17)12-18/h2-5,9-14,18H,6-8H2,1H3. The van der Waals surface area contributed by atoms with Crippen LogP contribution >= 0.6 is 11.3 Å². The maximum Gasteiger partial charge on any atom is 0.191 e. The van der Waals surface area contributed by atoms with Crippen LogP contribution in [0.4, 0.5) is 0 Å². The summed E-state index contributed by atoms with van der Waals surface area (Å²) in [5.41, 5.74) is 6.33. The molecule has 0 saturated carbocycles. The summed E-state index contributed by atoms with van der Waals surface area (Å²) in [6, 6.07) is 14.7. The lowest BCUT2D eigenvalue weighted by Gasteiger charge is -2.21. The molecule has 6 rings (SSSR count). The summed E-state index contributed by atoms with van der Waals surface area (Å²) in [7, 11) is 0. The fraction of sp³-hybridized carbons (Fsp3) is 0.192. The second-order valence-corrected chi connectivity index (χ2v) is 9.23. The summed E-state index contributed by atoms with van der Waals surface area (Å²) in [5, 5.41) is 9.40. The van der Waals surface area contributed by atoms with Crippen LogP contribution in [0.3, 0.4) is 0 Å². The zero-order chi connectivity index (χ0) is 20.9. The van der Waals surface area contributed by atoms with Crippen LogP contribution in [0.1, 0.15) is 33.0 Å². The summed E-state index contributed by atoms with van der Waals surface area (Å²) < 4.78 is 5.43. The van der Waals surface area contributed by atoms with Crippen LogP contribution in [-0.4, -0.2) is 15.9 Å². The van der Waals surface area contributed by atoms with Crippen molar-refractivity contribution in [2.75, 3.05) is 0 Å². The van der Waals surface area contributed by atoms with E-state index in [4.69, 9.17) is 4.52 Å². The number of thiazole rings is 1. The first-order valence-electron chi connectivity index (χ1n) is 10.5. The minimum atomic E-state index is -0.195. The molecule has 4 aromatic rings. The van der Waals surface area contributed by atoms with Crippen molar-refractivity contribution in [1.82, 2.24) is 10.1 Å². The smallest absolute Gasteiger partial charge is 0.191 e. The van der Waals surface area contributed by atoms with Gasteiger partial charge in [0.25, 0.3) is 0 Å². The molecule has 0 spiro atoms. The molecule has 1 unspecified atom stereocenters. The van der Waals surface area contributed by atoms with Gasteiger partial charge in [-0.3, -0.25) is 4.79 Å². The number of fused-ring (bicyclic) bond motifs is 5. The van der Waals surface area contributed by atoms with E-state index in [1.54, 1.807) is 17.4 Å². The van der Waals surface area contributed by atoms with E-state index in [0.717, 1.165) is 30.0 Å². The summed E-state index contributed by atoms with van der Waals surface area (Å²) in [5.74, 6) is 0.368.